The fourth-order valence-corrected chi connectivity index (χ4v) is 1.81. The molecule has 1 rings (SSSR count). The van der Waals surface area contributed by atoms with Crippen LogP contribution in [0.3, 0.4) is 0 Å². The number of hydrogen-bond donors (Lipinski definition) is 0. The van der Waals surface area contributed by atoms with Crippen LogP contribution in [0, 0.1) is 0 Å². The molecule has 13 heavy (non-hydrogen) atoms. The lowest BCUT2D eigenvalue weighted by Gasteiger charge is -2.22. The molecule has 0 radical (unpaired) electrons. The summed E-state index contributed by atoms with van der Waals surface area (Å²) < 4.78 is 0. The third-order valence-corrected chi connectivity index (χ3v) is 2.67. The molecule has 0 aromatic heterocycles. The summed E-state index contributed by atoms with van der Waals surface area (Å²) in [5.41, 5.74) is 0. The van der Waals surface area contributed by atoms with E-state index in [9.17, 15) is 4.79 Å². The molecule has 0 unspecified atom stereocenters. The first-order valence-corrected chi connectivity index (χ1v) is 5.28. The molecule has 1 fully saturated rings. The molecule has 1 heterocycles. The number of likely N-dealkylation sites (tertiary alicyclic amines) is 1. The quantitative estimate of drug-likeness (QED) is 0.649. The van der Waals surface area contributed by atoms with Gasteiger partial charge in [-0.25, -0.2) is 0 Å². The van der Waals surface area contributed by atoms with Gasteiger partial charge in [0.1, 0.15) is 0 Å². The average Bonchev–Trinajstić information content (AvgIpc) is 2.59. The minimum atomic E-state index is 0.284. The Bertz CT molecular complexity index is 160. The zero-order chi connectivity index (χ0) is 9.68. The predicted octanol–water partition coefficient (Wildman–Crippen LogP) is 0.951. The van der Waals surface area contributed by atoms with E-state index in [-0.39, 0.29) is 5.91 Å². The fraction of sp³-hybridized carbons (Fsp3) is 0.900. The molecule has 1 saturated heterocycles. The first-order chi connectivity index (χ1) is 6.27. The molecule has 1 aliphatic rings. The van der Waals surface area contributed by atoms with Crippen molar-refractivity contribution < 1.29 is 4.79 Å². The lowest BCUT2D eigenvalue weighted by Crippen LogP contribution is -2.39. The highest BCUT2D eigenvalue weighted by Crippen LogP contribution is 2.07. The number of hydrogen-bond acceptors (Lipinski definition) is 2. The van der Waals surface area contributed by atoms with Gasteiger partial charge in [0, 0.05) is 13.1 Å². The van der Waals surface area contributed by atoms with Crippen LogP contribution in [0.15, 0.2) is 0 Å². The Labute approximate surface area is 80.7 Å². The van der Waals surface area contributed by atoms with Crippen LogP contribution in [-0.4, -0.2) is 48.4 Å². The Morgan fingerprint density at radius 3 is 2.23 bits per heavy atom. The molecule has 3 heteroatoms. The average molecular weight is 184 g/mol. The Balaban J connectivity index is 2.29. The van der Waals surface area contributed by atoms with Gasteiger partial charge in [0.15, 0.2) is 0 Å². The van der Waals surface area contributed by atoms with Crippen molar-refractivity contribution in [2.75, 3.05) is 32.7 Å². The molecule has 0 aromatic carbocycles. The lowest BCUT2D eigenvalue weighted by molar-refractivity contribution is -0.131. The topological polar surface area (TPSA) is 23.6 Å². The zero-order valence-electron chi connectivity index (χ0n) is 8.75. The van der Waals surface area contributed by atoms with Crippen LogP contribution >= 0.6 is 0 Å². The Hall–Kier alpha value is -0.570. The number of rotatable bonds is 4. The van der Waals surface area contributed by atoms with Crippen LogP contribution in [0.4, 0.5) is 0 Å². The van der Waals surface area contributed by atoms with Crippen LogP contribution in [-0.2, 0) is 4.79 Å². The van der Waals surface area contributed by atoms with E-state index < -0.39 is 0 Å². The summed E-state index contributed by atoms with van der Waals surface area (Å²) in [6.45, 7) is 8.57. The van der Waals surface area contributed by atoms with Crippen molar-refractivity contribution in [3.63, 3.8) is 0 Å². The maximum atomic E-state index is 11.6. The second-order valence-corrected chi connectivity index (χ2v) is 3.55. The highest BCUT2D eigenvalue weighted by Gasteiger charge is 2.17. The number of carbonyl (C=O) groups excluding carboxylic acids is 1. The second-order valence-electron chi connectivity index (χ2n) is 3.55. The maximum absolute atomic E-state index is 11.6. The summed E-state index contributed by atoms with van der Waals surface area (Å²) in [7, 11) is 0. The SMILES string of the molecule is CCN(CC)C(=O)CN1CCCC1. The van der Waals surface area contributed by atoms with Gasteiger partial charge in [-0.1, -0.05) is 0 Å². The van der Waals surface area contributed by atoms with Gasteiger partial charge in [-0.05, 0) is 39.8 Å². The second kappa shape index (κ2) is 5.22. The third kappa shape index (κ3) is 2.99. The lowest BCUT2D eigenvalue weighted by atomic mass is 10.4. The standard InChI is InChI=1S/C10H20N2O/c1-3-12(4-2)10(13)9-11-7-5-6-8-11/h3-9H2,1-2H3. The van der Waals surface area contributed by atoms with E-state index in [0.717, 1.165) is 26.2 Å². The van der Waals surface area contributed by atoms with E-state index in [2.05, 4.69) is 4.90 Å². The van der Waals surface area contributed by atoms with Crippen molar-refractivity contribution in [1.29, 1.82) is 0 Å². The number of carbonyl (C=O) groups is 1. The van der Waals surface area contributed by atoms with Crippen molar-refractivity contribution in [3.8, 4) is 0 Å². The van der Waals surface area contributed by atoms with Gasteiger partial charge in [0.05, 0.1) is 6.54 Å². The molecule has 0 saturated carbocycles. The first-order valence-electron chi connectivity index (χ1n) is 5.28. The van der Waals surface area contributed by atoms with Crippen LogP contribution < -0.4 is 0 Å². The van der Waals surface area contributed by atoms with E-state index in [0.29, 0.717) is 6.54 Å². The molecule has 0 spiro atoms. The molecule has 0 bridgehead atoms. The van der Waals surface area contributed by atoms with Crippen LogP contribution in [0.25, 0.3) is 0 Å². The van der Waals surface area contributed by atoms with Gasteiger partial charge in [-0.2, -0.15) is 0 Å². The molecule has 0 aliphatic carbocycles. The molecule has 1 amide bonds. The van der Waals surface area contributed by atoms with Crippen molar-refractivity contribution in [1.82, 2.24) is 9.80 Å². The summed E-state index contributed by atoms with van der Waals surface area (Å²) in [6.07, 6.45) is 2.51. The normalized spacial score (nSPS) is 17.7. The van der Waals surface area contributed by atoms with Gasteiger partial charge < -0.3 is 4.90 Å². The number of nitrogens with zero attached hydrogens (tertiary/aromatic N) is 2. The van der Waals surface area contributed by atoms with E-state index in [1.807, 2.05) is 18.7 Å². The zero-order valence-corrected chi connectivity index (χ0v) is 8.75. The summed E-state index contributed by atoms with van der Waals surface area (Å²) in [4.78, 5) is 15.8. The molecule has 0 N–H and O–H groups in total. The fourth-order valence-electron chi connectivity index (χ4n) is 1.81. The van der Waals surface area contributed by atoms with Crippen LogP contribution in [0.1, 0.15) is 26.7 Å². The Kier molecular flexibility index (Phi) is 4.22. The monoisotopic (exact) mass is 184 g/mol. The molecule has 0 aromatic rings. The third-order valence-electron chi connectivity index (χ3n) is 2.67. The van der Waals surface area contributed by atoms with Gasteiger partial charge in [0.2, 0.25) is 5.91 Å². The highest BCUT2D eigenvalue weighted by atomic mass is 16.2. The van der Waals surface area contributed by atoms with Crippen molar-refractivity contribution >= 4 is 5.91 Å². The Morgan fingerprint density at radius 2 is 1.77 bits per heavy atom. The van der Waals surface area contributed by atoms with E-state index in [1.165, 1.54) is 12.8 Å². The predicted molar refractivity (Wildman–Crippen MR) is 53.6 cm³/mol. The number of amides is 1. The minimum absolute atomic E-state index is 0.284. The van der Waals surface area contributed by atoms with Gasteiger partial charge in [0.25, 0.3) is 0 Å². The van der Waals surface area contributed by atoms with Gasteiger partial charge >= 0.3 is 0 Å². The summed E-state index contributed by atoms with van der Waals surface area (Å²) in [5, 5.41) is 0. The van der Waals surface area contributed by atoms with Crippen molar-refractivity contribution in [2.45, 2.75) is 26.7 Å². The van der Waals surface area contributed by atoms with E-state index >= 15 is 0 Å². The van der Waals surface area contributed by atoms with Gasteiger partial charge in [-0.3, -0.25) is 9.69 Å². The molecule has 3 nitrogen and oxygen atoms in total. The van der Waals surface area contributed by atoms with Crippen molar-refractivity contribution in [2.24, 2.45) is 0 Å². The van der Waals surface area contributed by atoms with E-state index in [1.54, 1.807) is 0 Å². The minimum Gasteiger partial charge on any atom is -0.342 e. The molecule has 0 atom stereocenters. The number of likely N-dealkylation sites (N-methyl/N-ethyl adjacent to an activating group) is 1. The van der Waals surface area contributed by atoms with Crippen LogP contribution in [0.2, 0.25) is 0 Å². The maximum Gasteiger partial charge on any atom is 0.236 e. The molecule has 76 valence electrons. The van der Waals surface area contributed by atoms with E-state index in [4.69, 9.17) is 0 Å². The largest absolute Gasteiger partial charge is 0.342 e. The highest BCUT2D eigenvalue weighted by molar-refractivity contribution is 5.78. The smallest absolute Gasteiger partial charge is 0.236 e. The molecular formula is C10H20N2O. The first kappa shape index (κ1) is 10.5. The summed E-state index contributed by atoms with van der Waals surface area (Å²) >= 11 is 0. The summed E-state index contributed by atoms with van der Waals surface area (Å²) in [6, 6.07) is 0. The molecular weight excluding hydrogens is 164 g/mol. The van der Waals surface area contributed by atoms with Crippen LogP contribution in [0.5, 0.6) is 0 Å². The van der Waals surface area contributed by atoms with Crippen molar-refractivity contribution in [3.05, 3.63) is 0 Å². The summed E-state index contributed by atoms with van der Waals surface area (Å²) in [5.74, 6) is 0.284. The van der Waals surface area contributed by atoms with Gasteiger partial charge in [-0.15, -0.1) is 0 Å². The Morgan fingerprint density at radius 1 is 1.23 bits per heavy atom. The molecule has 1 aliphatic heterocycles.